The largest absolute Gasteiger partial charge is 0.459 e. The molecule has 23 heavy (non-hydrogen) atoms. The van der Waals surface area contributed by atoms with Crippen molar-refractivity contribution < 1.29 is 14.0 Å². The van der Waals surface area contributed by atoms with E-state index in [1.165, 1.54) is 6.26 Å². The summed E-state index contributed by atoms with van der Waals surface area (Å²) in [6.07, 6.45) is 4.84. The van der Waals surface area contributed by atoms with E-state index >= 15 is 0 Å². The number of nitrogens with zero attached hydrogens (tertiary/aromatic N) is 2. The summed E-state index contributed by atoms with van der Waals surface area (Å²) in [4.78, 5) is 26.4. The van der Waals surface area contributed by atoms with Crippen LogP contribution in [0.25, 0.3) is 0 Å². The van der Waals surface area contributed by atoms with E-state index in [1.54, 1.807) is 40.9 Å². The maximum absolute atomic E-state index is 12.3. The van der Waals surface area contributed by atoms with Crippen molar-refractivity contribution in [3.05, 3.63) is 47.1 Å². The highest BCUT2D eigenvalue weighted by molar-refractivity contribution is 6.31. The van der Waals surface area contributed by atoms with Crippen LogP contribution in [0.3, 0.4) is 0 Å². The highest BCUT2D eigenvalue weighted by atomic mass is 35.5. The van der Waals surface area contributed by atoms with Gasteiger partial charge in [-0.05, 0) is 31.0 Å². The topological polar surface area (TPSA) is 67.5 Å². The fourth-order valence-electron chi connectivity index (χ4n) is 2.84. The smallest absolute Gasteiger partial charge is 0.289 e. The summed E-state index contributed by atoms with van der Waals surface area (Å²) in [5, 5.41) is 3.50. The molecular formula is C16H18ClN3O3. The monoisotopic (exact) mass is 335 g/mol. The van der Waals surface area contributed by atoms with Crippen LogP contribution in [0.15, 0.2) is 35.1 Å². The van der Waals surface area contributed by atoms with Gasteiger partial charge in [-0.1, -0.05) is 11.6 Å². The second-order valence-corrected chi connectivity index (χ2v) is 6.13. The van der Waals surface area contributed by atoms with Crippen LogP contribution in [-0.4, -0.2) is 40.4 Å². The minimum Gasteiger partial charge on any atom is -0.459 e. The van der Waals surface area contributed by atoms with E-state index in [9.17, 15) is 9.59 Å². The van der Waals surface area contributed by atoms with Gasteiger partial charge >= 0.3 is 0 Å². The molecule has 1 unspecified atom stereocenters. The van der Waals surface area contributed by atoms with Crippen LogP contribution < -0.4 is 5.32 Å². The molecule has 1 N–H and O–H groups in total. The number of furan rings is 1. The molecular weight excluding hydrogens is 318 g/mol. The van der Waals surface area contributed by atoms with E-state index in [-0.39, 0.29) is 17.9 Å². The molecule has 122 valence electrons. The Balaban J connectivity index is 1.64. The third-order valence-corrected chi connectivity index (χ3v) is 4.19. The van der Waals surface area contributed by atoms with Crippen molar-refractivity contribution in [2.24, 2.45) is 7.05 Å². The van der Waals surface area contributed by atoms with E-state index in [1.807, 2.05) is 0 Å². The molecule has 6 nitrogen and oxygen atoms in total. The molecule has 7 heteroatoms. The minimum atomic E-state index is -0.184. The Kier molecular flexibility index (Phi) is 4.43. The van der Waals surface area contributed by atoms with Crippen LogP contribution >= 0.6 is 11.6 Å². The van der Waals surface area contributed by atoms with E-state index in [0.29, 0.717) is 29.6 Å². The summed E-state index contributed by atoms with van der Waals surface area (Å²) in [6, 6.07) is 4.89. The van der Waals surface area contributed by atoms with E-state index in [2.05, 4.69) is 5.32 Å². The molecule has 1 saturated heterocycles. The van der Waals surface area contributed by atoms with Crippen LogP contribution in [-0.2, 0) is 7.05 Å². The molecule has 3 heterocycles. The molecule has 0 aromatic carbocycles. The summed E-state index contributed by atoms with van der Waals surface area (Å²) >= 11 is 5.91. The summed E-state index contributed by atoms with van der Waals surface area (Å²) in [5.74, 6) is -0.00116. The van der Waals surface area contributed by atoms with Crippen molar-refractivity contribution >= 4 is 23.4 Å². The third-order valence-electron chi connectivity index (χ3n) is 3.98. The number of hydrogen-bond acceptors (Lipinski definition) is 3. The number of hydrogen-bond donors (Lipinski definition) is 1. The van der Waals surface area contributed by atoms with Crippen molar-refractivity contribution in [3.8, 4) is 0 Å². The molecule has 0 bridgehead atoms. The first-order valence-corrected chi connectivity index (χ1v) is 7.88. The predicted octanol–water partition coefficient (Wildman–Crippen LogP) is 2.31. The zero-order valence-electron chi connectivity index (χ0n) is 12.8. The van der Waals surface area contributed by atoms with E-state index in [0.717, 1.165) is 12.8 Å². The van der Waals surface area contributed by atoms with E-state index in [4.69, 9.17) is 16.0 Å². The van der Waals surface area contributed by atoms with Gasteiger partial charge in [0.2, 0.25) is 0 Å². The van der Waals surface area contributed by atoms with Crippen molar-refractivity contribution in [1.82, 2.24) is 14.8 Å². The first-order chi connectivity index (χ1) is 11.0. The Hall–Kier alpha value is -2.21. The van der Waals surface area contributed by atoms with Gasteiger partial charge in [0.25, 0.3) is 11.8 Å². The molecule has 0 saturated carbocycles. The van der Waals surface area contributed by atoms with Gasteiger partial charge in [0, 0.05) is 32.4 Å². The van der Waals surface area contributed by atoms with Crippen LogP contribution in [0.1, 0.15) is 33.9 Å². The summed E-state index contributed by atoms with van der Waals surface area (Å²) in [5.41, 5.74) is 0.504. The second kappa shape index (κ2) is 6.50. The van der Waals surface area contributed by atoms with Crippen LogP contribution in [0.4, 0.5) is 0 Å². The van der Waals surface area contributed by atoms with Crippen molar-refractivity contribution in [3.63, 3.8) is 0 Å². The highest BCUT2D eigenvalue weighted by Gasteiger charge is 2.27. The molecule has 0 radical (unpaired) electrons. The summed E-state index contributed by atoms with van der Waals surface area (Å²) in [7, 11) is 1.77. The quantitative estimate of drug-likeness (QED) is 0.936. The summed E-state index contributed by atoms with van der Waals surface area (Å²) < 4.78 is 6.84. The zero-order valence-corrected chi connectivity index (χ0v) is 13.5. The molecule has 1 atom stereocenters. The van der Waals surface area contributed by atoms with Gasteiger partial charge in [0.05, 0.1) is 11.3 Å². The minimum absolute atomic E-state index is 0.0798. The number of aromatic nitrogens is 1. The van der Waals surface area contributed by atoms with Gasteiger partial charge in [-0.3, -0.25) is 9.59 Å². The summed E-state index contributed by atoms with van der Waals surface area (Å²) in [6.45, 7) is 1.14. The molecule has 1 aliphatic heterocycles. The molecule has 3 rings (SSSR count). The average Bonchev–Trinajstić information content (AvgIpc) is 3.16. The third kappa shape index (κ3) is 3.42. The number of aryl methyl sites for hydroxylation is 1. The van der Waals surface area contributed by atoms with Crippen LogP contribution in [0.5, 0.6) is 0 Å². The molecule has 2 aromatic heterocycles. The van der Waals surface area contributed by atoms with Gasteiger partial charge in [-0.15, -0.1) is 0 Å². The second-order valence-electron chi connectivity index (χ2n) is 5.70. The molecule has 0 spiro atoms. The molecule has 2 aromatic rings. The number of carbonyl (C=O) groups excluding carboxylic acids is 2. The number of carbonyl (C=O) groups is 2. The first kappa shape index (κ1) is 15.7. The Morgan fingerprint density at radius 1 is 1.43 bits per heavy atom. The standard InChI is InChI=1S/C16H18ClN3O3/c1-19-9-11(17)8-13(19)15(21)18-12-4-2-6-20(10-12)16(22)14-5-3-7-23-14/h3,5,7-9,12H,2,4,6,10H2,1H3,(H,18,21). The van der Waals surface area contributed by atoms with Crippen LogP contribution in [0, 0.1) is 0 Å². The lowest BCUT2D eigenvalue weighted by Crippen LogP contribution is -2.49. The predicted molar refractivity (Wildman–Crippen MR) is 85.5 cm³/mol. The first-order valence-electron chi connectivity index (χ1n) is 7.50. The fraction of sp³-hybridized carbons (Fsp3) is 0.375. The lowest BCUT2D eigenvalue weighted by Gasteiger charge is -2.32. The molecule has 0 aliphatic carbocycles. The Bertz CT molecular complexity index is 708. The number of likely N-dealkylation sites (tertiary alicyclic amines) is 1. The SMILES string of the molecule is Cn1cc(Cl)cc1C(=O)NC1CCCN(C(=O)c2ccco2)C1. The number of halogens is 1. The average molecular weight is 336 g/mol. The van der Waals surface area contributed by atoms with Crippen LogP contribution in [0.2, 0.25) is 5.02 Å². The lowest BCUT2D eigenvalue weighted by molar-refractivity contribution is 0.0646. The fourth-order valence-corrected chi connectivity index (χ4v) is 3.09. The maximum atomic E-state index is 12.3. The molecule has 2 amide bonds. The van der Waals surface area contributed by atoms with Gasteiger partial charge in [0.1, 0.15) is 5.69 Å². The Morgan fingerprint density at radius 3 is 2.91 bits per heavy atom. The van der Waals surface area contributed by atoms with Gasteiger partial charge in [-0.2, -0.15) is 0 Å². The highest BCUT2D eigenvalue weighted by Crippen LogP contribution is 2.16. The molecule has 1 aliphatic rings. The number of nitrogens with one attached hydrogen (secondary N) is 1. The van der Waals surface area contributed by atoms with Crippen molar-refractivity contribution in [1.29, 1.82) is 0 Å². The van der Waals surface area contributed by atoms with Crippen molar-refractivity contribution in [2.75, 3.05) is 13.1 Å². The lowest BCUT2D eigenvalue weighted by atomic mass is 10.1. The van der Waals surface area contributed by atoms with Gasteiger partial charge < -0.3 is 19.2 Å². The van der Waals surface area contributed by atoms with Crippen molar-refractivity contribution in [2.45, 2.75) is 18.9 Å². The number of piperidine rings is 1. The molecule has 1 fully saturated rings. The van der Waals surface area contributed by atoms with E-state index < -0.39 is 0 Å². The normalized spacial score (nSPS) is 18.0. The Labute approximate surface area is 139 Å². The van der Waals surface area contributed by atoms with Gasteiger partial charge in [0.15, 0.2) is 5.76 Å². The number of rotatable bonds is 3. The maximum Gasteiger partial charge on any atom is 0.289 e. The number of amides is 2. The van der Waals surface area contributed by atoms with Gasteiger partial charge in [-0.25, -0.2) is 0 Å². The zero-order chi connectivity index (χ0) is 16.4. The Morgan fingerprint density at radius 2 is 2.26 bits per heavy atom.